The van der Waals surface area contributed by atoms with Crippen molar-refractivity contribution >= 4 is 18.0 Å². The molecule has 1 aromatic rings. The molecule has 8 nitrogen and oxygen atoms in total. The summed E-state index contributed by atoms with van der Waals surface area (Å²) in [6.07, 6.45) is -2.99. The molecule has 1 aliphatic rings. The Bertz CT molecular complexity index is 604. The third-order valence-electron chi connectivity index (χ3n) is 3.49. The van der Waals surface area contributed by atoms with Crippen LogP contribution >= 0.6 is 0 Å². The predicted octanol–water partition coefficient (Wildman–Crippen LogP) is 1.17. The number of ether oxygens (including phenoxy) is 4. The standard InChI is InChI=1S/C17H21NO7/c1-3-22-13-12(15(19)25-14(13)16(20)23-4-2)18-17(21)24-10-11-8-6-5-7-9-11/h5-9,12-14H,3-4,10H2,1-2H3,(H,18,21)/t12-,13-,14-/m0/s1. The maximum atomic E-state index is 12.0. The van der Waals surface area contributed by atoms with Gasteiger partial charge in [0.2, 0.25) is 6.10 Å². The van der Waals surface area contributed by atoms with Gasteiger partial charge >= 0.3 is 18.0 Å². The van der Waals surface area contributed by atoms with Gasteiger partial charge in [-0.05, 0) is 19.4 Å². The van der Waals surface area contributed by atoms with Crippen LogP contribution in [0.3, 0.4) is 0 Å². The summed E-state index contributed by atoms with van der Waals surface area (Å²) >= 11 is 0. The maximum absolute atomic E-state index is 12.0. The highest BCUT2D eigenvalue weighted by Gasteiger charge is 2.50. The van der Waals surface area contributed by atoms with Gasteiger partial charge in [-0.1, -0.05) is 30.3 Å². The van der Waals surface area contributed by atoms with Gasteiger partial charge in [-0.15, -0.1) is 0 Å². The van der Waals surface area contributed by atoms with E-state index in [4.69, 9.17) is 18.9 Å². The van der Waals surface area contributed by atoms with E-state index in [1.54, 1.807) is 26.0 Å². The Kier molecular flexibility index (Phi) is 6.76. The van der Waals surface area contributed by atoms with Gasteiger partial charge in [-0.3, -0.25) is 0 Å². The van der Waals surface area contributed by atoms with Crippen LogP contribution in [0.25, 0.3) is 0 Å². The zero-order chi connectivity index (χ0) is 18.2. The summed E-state index contributed by atoms with van der Waals surface area (Å²) in [4.78, 5) is 35.9. The monoisotopic (exact) mass is 351 g/mol. The lowest BCUT2D eigenvalue weighted by Gasteiger charge is -2.20. The van der Waals surface area contributed by atoms with Gasteiger partial charge in [-0.2, -0.15) is 0 Å². The number of benzene rings is 1. The number of nitrogens with one attached hydrogen (secondary N) is 1. The van der Waals surface area contributed by atoms with E-state index in [-0.39, 0.29) is 19.8 Å². The van der Waals surface area contributed by atoms with Crippen molar-refractivity contribution in [3.8, 4) is 0 Å². The van der Waals surface area contributed by atoms with Crippen molar-refractivity contribution < 1.29 is 33.3 Å². The molecule has 1 aromatic carbocycles. The minimum Gasteiger partial charge on any atom is -0.463 e. The Morgan fingerprint density at radius 3 is 2.48 bits per heavy atom. The van der Waals surface area contributed by atoms with Crippen LogP contribution in [0.4, 0.5) is 4.79 Å². The van der Waals surface area contributed by atoms with Gasteiger partial charge in [0.05, 0.1) is 6.61 Å². The van der Waals surface area contributed by atoms with Crippen molar-refractivity contribution in [1.82, 2.24) is 5.32 Å². The molecule has 136 valence electrons. The fourth-order valence-electron chi connectivity index (χ4n) is 2.39. The lowest BCUT2D eigenvalue weighted by molar-refractivity contribution is -0.165. The van der Waals surface area contributed by atoms with Gasteiger partial charge in [0.15, 0.2) is 6.04 Å². The molecule has 1 N–H and O–H groups in total. The van der Waals surface area contributed by atoms with E-state index in [0.717, 1.165) is 5.56 Å². The third-order valence-corrected chi connectivity index (χ3v) is 3.49. The lowest BCUT2D eigenvalue weighted by Crippen LogP contribution is -2.49. The quantitative estimate of drug-likeness (QED) is 0.581. The van der Waals surface area contributed by atoms with Crippen molar-refractivity contribution in [3.05, 3.63) is 35.9 Å². The number of carbonyl (C=O) groups is 3. The molecule has 0 bridgehead atoms. The third kappa shape index (κ3) is 4.93. The fraction of sp³-hybridized carbons (Fsp3) is 0.471. The summed E-state index contributed by atoms with van der Waals surface area (Å²) in [6, 6.07) is 7.95. The summed E-state index contributed by atoms with van der Waals surface area (Å²) in [5.41, 5.74) is 0.803. The van der Waals surface area contributed by atoms with Gasteiger partial charge < -0.3 is 24.3 Å². The second-order valence-corrected chi connectivity index (χ2v) is 5.21. The molecule has 0 spiro atoms. The molecule has 8 heteroatoms. The van der Waals surface area contributed by atoms with Gasteiger partial charge in [-0.25, -0.2) is 14.4 Å². The first-order valence-corrected chi connectivity index (χ1v) is 8.02. The van der Waals surface area contributed by atoms with Crippen LogP contribution in [0.1, 0.15) is 19.4 Å². The van der Waals surface area contributed by atoms with Crippen LogP contribution in [0.5, 0.6) is 0 Å². The topological polar surface area (TPSA) is 100 Å². The molecular weight excluding hydrogens is 330 g/mol. The molecule has 0 unspecified atom stereocenters. The van der Waals surface area contributed by atoms with Crippen molar-refractivity contribution in [3.63, 3.8) is 0 Å². The Balaban J connectivity index is 1.97. The number of amides is 1. The minimum atomic E-state index is -1.22. The molecule has 0 radical (unpaired) electrons. The Hall–Kier alpha value is -2.61. The lowest BCUT2D eigenvalue weighted by atomic mass is 10.1. The first kappa shape index (κ1) is 18.7. The minimum absolute atomic E-state index is 0.0506. The van der Waals surface area contributed by atoms with Crippen LogP contribution in [0, 0.1) is 0 Å². The molecule has 1 heterocycles. The van der Waals surface area contributed by atoms with Crippen molar-refractivity contribution in [2.45, 2.75) is 38.7 Å². The van der Waals surface area contributed by atoms with E-state index in [1.807, 2.05) is 18.2 Å². The number of hydrogen-bond donors (Lipinski definition) is 1. The van der Waals surface area contributed by atoms with E-state index in [2.05, 4.69) is 5.32 Å². The molecule has 25 heavy (non-hydrogen) atoms. The van der Waals surface area contributed by atoms with Gasteiger partial charge in [0.25, 0.3) is 0 Å². The molecular formula is C17H21NO7. The average molecular weight is 351 g/mol. The molecule has 2 rings (SSSR count). The summed E-state index contributed by atoms with van der Waals surface area (Å²) in [5.74, 6) is -1.48. The normalized spacial score (nSPS) is 22.2. The summed E-state index contributed by atoms with van der Waals surface area (Å²) in [5, 5.41) is 2.39. The molecule has 3 atom stereocenters. The van der Waals surface area contributed by atoms with E-state index in [1.165, 1.54) is 0 Å². The molecule has 0 saturated carbocycles. The first-order valence-electron chi connectivity index (χ1n) is 8.02. The van der Waals surface area contributed by atoms with Crippen LogP contribution in [-0.2, 0) is 35.1 Å². The van der Waals surface area contributed by atoms with E-state index in [9.17, 15) is 14.4 Å². The van der Waals surface area contributed by atoms with Crippen molar-refractivity contribution in [1.29, 1.82) is 0 Å². The zero-order valence-corrected chi connectivity index (χ0v) is 14.1. The molecule has 1 aliphatic heterocycles. The Labute approximate surface area is 145 Å². The van der Waals surface area contributed by atoms with Gasteiger partial charge in [0.1, 0.15) is 12.7 Å². The molecule has 1 amide bonds. The van der Waals surface area contributed by atoms with E-state index in [0.29, 0.717) is 0 Å². The van der Waals surface area contributed by atoms with Crippen LogP contribution in [-0.4, -0.2) is 49.5 Å². The molecule has 0 aliphatic carbocycles. The summed E-state index contributed by atoms with van der Waals surface area (Å²) in [7, 11) is 0. The average Bonchev–Trinajstić information content (AvgIpc) is 2.91. The fourth-order valence-corrected chi connectivity index (χ4v) is 2.39. The summed E-state index contributed by atoms with van der Waals surface area (Å²) in [6.45, 7) is 3.77. The smallest absolute Gasteiger partial charge is 0.408 e. The highest BCUT2D eigenvalue weighted by Crippen LogP contribution is 2.21. The molecule has 0 aromatic heterocycles. The predicted molar refractivity (Wildman–Crippen MR) is 85.5 cm³/mol. The second-order valence-electron chi connectivity index (χ2n) is 5.21. The van der Waals surface area contributed by atoms with E-state index < -0.39 is 36.3 Å². The molecule has 1 fully saturated rings. The number of cyclic esters (lactones) is 1. The van der Waals surface area contributed by atoms with Gasteiger partial charge in [0, 0.05) is 6.61 Å². The first-order chi connectivity index (χ1) is 12.1. The summed E-state index contributed by atoms with van der Waals surface area (Å²) < 4.78 is 20.4. The van der Waals surface area contributed by atoms with E-state index >= 15 is 0 Å². The molecule has 1 saturated heterocycles. The Morgan fingerprint density at radius 1 is 1.12 bits per heavy atom. The van der Waals surface area contributed by atoms with Crippen LogP contribution in [0.2, 0.25) is 0 Å². The number of hydrogen-bond acceptors (Lipinski definition) is 7. The van der Waals surface area contributed by atoms with Crippen molar-refractivity contribution in [2.75, 3.05) is 13.2 Å². The second kappa shape index (κ2) is 9.03. The van der Waals surface area contributed by atoms with Crippen molar-refractivity contribution in [2.24, 2.45) is 0 Å². The maximum Gasteiger partial charge on any atom is 0.408 e. The van der Waals surface area contributed by atoms with Crippen LogP contribution < -0.4 is 5.32 Å². The number of carbonyl (C=O) groups excluding carboxylic acids is 3. The largest absolute Gasteiger partial charge is 0.463 e. The highest BCUT2D eigenvalue weighted by atomic mass is 16.6. The SMILES string of the molecule is CCOC(=O)[C@H]1OC(=O)[C@@H](NC(=O)OCc2ccccc2)[C@@H]1OCC. The number of esters is 2. The highest BCUT2D eigenvalue weighted by molar-refractivity contribution is 5.90. The van der Waals surface area contributed by atoms with Crippen LogP contribution in [0.15, 0.2) is 30.3 Å². The number of alkyl carbamates (subject to hydrolysis) is 1. The zero-order valence-electron chi connectivity index (χ0n) is 14.1. The number of rotatable bonds is 7. The Morgan fingerprint density at radius 2 is 1.84 bits per heavy atom.